The van der Waals surface area contributed by atoms with Crippen LogP contribution < -0.4 is 19.5 Å². The van der Waals surface area contributed by atoms with Crippen molar-refractivity contribution in [3.05, 3.63) is 47.0 Å². The summed E-state index contributed by atoms with van der Waals surface area (Å²) in [6, 6.07) is 10.1. The number of hydrogen-bond acceptors (Lipinski definition) is 7. The smallest absolute Gasteiger partial charge is 0.231 e. The Kier molecular flexibility index (Phi) is 9.22. The van der Waals surface area contributed by atoms with Crippen LogP contribution in [0.2, 0.25) is 0 Å². The molecule has 0 spiro atoms. The molecule has 0 bridgehead atoms. The molecule has 4 rings (SSSR count). The van der Waals surface area contributed by atoms with Gasteiger partial charge in [0.25, 0.3) is 0 Å². The van der Waals surface area contributed by atoms with E-state index in [0.717, 1.165) is 35.4 Å². The molecular formula is C27H35NO7. The normalized spacial score (nSPS) is 16.2. The Balaban J connectivity index is 1.37. The van der Waals surface area contributed by atoms with Gasteiger partial charge in [-0.15, -0.1) is 0 Å². The van der Waals surface area contributed by atoms with Gasteiger partial charge in [-0.1, -0.05) is 12.1 Å². The average Bonchev–Trinajstić information content (AvgIpc) is 3.31. The van der Waals surface area contributed by atoms with E-state index >= 15 is 0 Å². The molecule has 0 aromatic heterocycles. The van der Waals surface area contributed by atoms with E-state index in [1.807, 2.05) is 26.0 Å². The number of aryl methyl sites for hydroxylation is 1. The van der Waals surface area contributed by atoms with Crippen LogP contribution in [-0.4, -0.2) is 58.9 Å². The molecule has 2 aromatic carbocycles. The molecule has 1 amide bonds. The molecule has 8 heteroatoms. The molecule has 2 aromatic rings. The Bertz CT molecular complexity index is 994. The van der Waals surface area contributed by atoms with Gasteiger partial charge in [-0.2, -0.15) is 0 Å². The van der Waals surface area contributed by atoms with Crippen LogP contribution in [0.3, 0.4) is 0 Å². The minimum absolute atomic E-state index is 0.0214. The highest BCUT2D eigenvalue weighted by molar-refractivity contribution is 5.96. The summed E-state index contributed by atoms with van der Waals surface area (Å²) >= 11 is 0. The number of fused-ring (bicyclic) bond motifs is 2. The fourth-order valence-electron chi connectivity index (χ4n) is 4.39. The van der Waals surface area contributed by atoms with E-state index < -0.39 is 0 Å². The van der Waals surface area contributed by atoms with Crippen molar-refractivity contribution in [3.8, 4) is 17.2 Å². The maximum absolute atomic E-state index is 12.5. The third-order valence-corrected chi connectivity index (χ3v) is 6.04. The Morgan fingerprint density at radius 2 is 1.63 bits per heavy atom. The van der Waals surface area contributed by atoms with Crippen LogP contribution in [0.5, 0.6) is 17.2 Å². The van der Waals surface area contributed by atoms with Gasteiger partial charge in [0.2, 0.25) is 12.7 Å². The Labute approximate surface area is 206 Å². The summed E-state index contributed by atoms with van der Waals surface area (Å²) in [4.78, 5) is 12.5. The number of ether oxygens (including phenoxy) is 6. The summed E-state index contributed by atoms with van der Waals surface area (Å²) in [7, 11) is 0. The predicted molar refractivity (Wildman–Crippen MR) is 132 cm³/mol. The van der Waals surface area contributed by atoms with E-state index in [0.29, 0.717) is 64.2 Å². The highest BCUT2D eigenvalue weighted by Gasteiger charge is 2.31. The van der Waals surface area contributed by atoms with Gasteiger partial charge in [-0.3, -0.25) is 4.79 Å². The predicted octanol–water partition coefficient (Wildman–Crippen LogP) is 4.29. The van der Waals surface area contributed by atoms with Crippen molar-refractivity contribution in [2.75, 3.05) is 58.4 Å². The minimum Gasteiger partial charge on any atom is -0.494 e. The summed E-state index contributed by atoms with van der Waals surface area (Å²) in [5.41, 5.74) is 3.96. The number of hydrogen-bond donors (Lipinski definition) is 1. The molecule has 2 aliphatic rings. The molecule has 0 fully saturated rings. The van der Waals surface area contributed by atoms with Crippen LogP contribution in [0.1, 0.15) is 49.3 Å². The number of nitrogens with one attached hydrogen (secondary N) is 1. The molecule has 0 saturated heterocycles. The Morgan fingerprint density at radius 3 is 2.40 bits per heavy atom. The molecule has 1 atom stereocenters. The molecule has 2 aliphatic heterocycles. The Hall–Kier alpha value is -2.81. The van der Waals surface area contributed by atoms with Gasteiger partial charge in [0.1, 0.15) is 5.75 Å². The molecule has 35 heavy (non-hydrogen) atoms. The van der Waals surface area contributed by atoms with Crippen LogP contribution >= 0.6 is 0 Å². The monoisotopic (exact) mass is 485 g/mol. The second kappa shape index (κ2) is 12.8. The quantitative estimate of drug-likeness (QED) is 0.400. The second-order valence-corrected chi connectivity index (χ2v) is 8.43. The van der Waals surface area contributed by atoms with Crippen LogP contribution in [-0.2, 0) is 25.4 Å². The molecule has 190 valence electrons. The van der Waals surface area contributed by atoms with Crippen molar-refractivity contribution >= 4 is 11.6 Å². The number of rotatable bonds is 14. The first-order valence-corrected chi connectivity index (χ1v) is 12.4. The molecule has 0 aliphatic carbocycles. The van der Waals surface area contributed by atoms with Crippen molar-refractivity contribution in [1.29, 1.82) is 0 Å². The zero-order chi connectivity index (χ0) is 24.5. The molecular weight excluding hydrogens is 450 g/mol. The van der Waals surface area contributed by atoms with Crippen molar-refractivity contribution in [3.63, 3.8) is 0 Å². The Morgan fingerprint density at radius 1 is 0.886 bits per heavy atom. The van der Waals surface area contributed by atoms with E-state index in [-0.39, 0.29) is 18.6 Å². The lowest BCUT2D eigenvalue weighted by atomic mass is 9.83. The van der Waals surface area contributed by atoms with E-state index in [9.17, 15) is 4.79 Å². The van der Waals surface area contributed by atoms with Crippen molar-refractivity contribution in [2.45, 2.75) is 39.0 Å². The SMILES string of the molecule is CCOCCOCCOCCCc1ccc(C2CC(=O)Nc3cc4c(cc32)OCO4)c(OCC)c1. The summed E-state index contributed by atoms with van der Waals surface area (Å²) in [5, 5.41) is 2.97. The number of amides is 1. The van der Waals surface area contributed by atoms with E-state index in [2.05, 4.69) is 23.5 Å². The third kappa shape index (κ3) is 6.66. The molecule has 2 heterocycles. The highest BCUT2D eigenvalue weighted by atomic mass is 16.7. The van der Waals surface area contributed by atoms with Gasteiger partial charge in [0.15, 0.2) is 11.5 Å². The molecule has 0 radical (unpaired) electrons. The van der Waals surface area contributed by atoms with Gasteiger partial charge >= 0.3 is 0 Å². The number of carbonyl (C=O) groups excluding carboxylic acids is 1. The zero-order valence-corrected chi connectivity index (χ0v) is 20.6. The largest absolute Gasteiger partial charge is 0.494 e. The van der Waals surface area contributed by atoms with E-state index in [1.165, 1.54) is 5.56 Å². The van der Waals surface area contributed by atoms with Gasteiger partial charge in [0, 0.05) is 42.9 Å². The lowest BCUT2D eigenvalue weighted by molar-refractivity contribution is -0.116. The molecule has 8 nitrogen and oxygen atoms in total. The van der Waals surface area contributed by atoms with Crippen LogP contribution in [0, 0.1) is 0 Å². The van der Waals surface area contributed by atoms with Gasteiger partial charge in [-0.25, -0.2) is 0 Å². The lowest BCUT2D eigenvalue weighted by Crippen LogP contribution is -2.24. The summed E-state index contributed by atoms with van der Waals surface area (Å²) < 4.78 is 33.5. The van der Waals surface area contributed by atoms with Gasteiger partial charge in [0.05, 0.1) is 33.0 Å². The summed E-state index contributed by atoms with van der Waals surface area (Å²) in [6.07, 6.45) is 2.14. The van der Waals surface area contributed by atoms with E-state index in [1.54, 1.807) is 0 Å². The summed E-state index contributed by atoms with van der Waals surface area (Å²) in [5.74, 6) is 2.04. The lowest BCUT2D eigenvalue weighted by Gasteiger charge is -2.28. The van der Waals surface area contributed by atoms with Gasteiger partial charge in [-0.05, 0) is 49.9 Å². The fourth-order valence-corrected chi connectivity index (χ4v) is 4.39. The van der Waals surface area contributed by atoms with Crippen LogP contribution in [0.15, 0.2) is 30.3 Å². The second-order valence-electron chi connectivity index (χ2n) is 8.43. The van der Waals surface area contributed by atoms with Crippen molar-refractivity contribution < 1.29 is 33.2 Å². The first-order valence-electron chi connectivity index (χ1n) is 12.4. The van der Waals surface area contributed by atoms with Crippen molar-refractivity contribution in [2.24, 2.45) is 0 Å². The topological polar surface area (TPSA) is 84.5 Å². The number of anilines is 1. The third-order valence-electron chi connectivity index (χ3n) is 6.04. The van der Waals surface area contributed by atoms with Crippen LogP contribution in [0.25, 0.3) is 0 Å². The fraction of sp³-hybridized carbons (Fsp3) is 0.519. The molecule has 1 unspecified atom stereocenters. The average molecular weight is 486 g/mol. The minimum atomic E-state index is -0.116. The zero-order valence-electron chi connectivity index (χ0n) is 20.6. The highest BCUT2D eigenvalue weighted by Crippen LogP contribution is 2.46. The number of carbonyl (C=O) groups is 1. The standard InChI is InChI=1S/C27H35NO7/c1-3-30-10-11-32-13-12-31-9-5-6-19-7-8-20(24(14-19)33-4-2)21-16-27(29)28-23-17-26-25(15-22(21)23)34-18-35-26/h7-8,14-15,17,21H,3-6,9-13,16,18H2,1-2H3,(H,28,29). The first kappa shape index (κ1) is 25.3. The maximum Gasteiger partial charge on any atom is 0.231 e. The van der Waals surface area contributed by atoms with Gasteiger partial charge < -0.3 is 33.7 Å². The summed E-state index contributed by atoms with van der Waals surface area (Å²) in [6.45, 7) is 8.44. The number of benzene rings is 2. The molecule has 1 N–H and O–H groups in total. The maximum atomic E-state index is 12.5. The van der Waals surface area contributed by atoms with Crippen molar-refractivity contribution in [1.82, 2.24) is 0 Å². The van der Waals surface area contributed by atoms with E-state index in [4.69, 9.17) is 28.4 Å². The molecule has 0 saturated carbocycles. The first-order chi connectivity index (χ1) is 17.2. The van der Waals surface area contributed by atoms with Crippen LogP contribution in [0.4, 0.5) is 5.69 Å².